The molecule has 2 aromatic carbocycles. The number of alkyl halides is 3. The lowest BCUT2D eigenvalue weighted by molar-refractivity contribution is -0.137. The fraction of sp³-hybridized carbons (Fsp3) is 0.190. The molecule has 0 radical (unpaired) electrons. The number of aromatic nitrogens is 1. The molecule has 0 aliphatic heterocycles. The smallest absolute Gasteiger partial charge is 0.304 e. The number of aryl methyl sites for hydroxylation is 1. The highest BCUT2D eigenvalue weighted by molar-refractivity contribution is 5.62. The number of hydrogen-bond donors (Lipinski definition) is 0. The van der Waals surface area contributed by atoms with Gasteiger partial charge in [0, 0.05) is 6.07 Å². The molecule has 0 atom stereocenters. The van der Waals surface area contributed by atoms with Crippen LogP contribution in [-0.2, 0) is 19.1 Å². The van der Waals surface area contributed by atoms with Gasteiger partial charge in [-0.05, 0) is 35.2 Å². The molecule has 0 aliphatic carbocycles. The van der Waals surface area contributed by atoms with E-state index < -0.39 is 17.3 Å². The van der Waals surface area contributed by atoms with Crippen LogP contribution >= 0.6 is 0 Å². The second-order valence-corrected chi connectivity index (χ2v) is 6.09. The topological polar surface area (TPSA) is 22.0 Å². The molecule has 1 aromatic heterocycles. The van der Waals surface area contributed by atoms with Crippen molar-refractivity contribution in [1.82, 2.24) is 4.57 Å². The third-order valence-corrected chi connectivity index (χ3v) is 4.27. The minimum absolute atomic E-state index is 0.212. The van der Waals surface area contributed by atoms with E-state index in [1.54, 1.807) is 12.1 Å². The maximum Gasteiger partial charge on any atom is 0.416 e. The van der Waals surface area contributed by atoms with Crippen molar-refractivity contribution in [3.8, 4) is 11.3 Å². The van der Waals surface area contributed by atoms with Gasteiger partial charge < -0.3 is 4.57 Å². The maximum atomic E-state index is 13.2. The van der Waals surface area contributed by atoms with Crippen LogP contribution in [-0.4, -0.2) is 4.57 Å². The number of rotatable bonds is 4. The fourth-order valence-electron chi connectivity index (χ4n) is 2.88. The van der Waals surface area contributed by atoms with Crippen LogP contribution in [0.5, 0.6) is 0 Å². The Hall–Kier alpha value is -2.82. The van der Waals surface area contributed by atoms with E-state index in [4.69, 9.17) is 0 Å². The summed E-state index contributed by atoms with van der Waals surface area (Å²) in [6, 6.07) is 18.2. The van der Waals surface area contributed by atoms with Crippen molar-refractivity contribution in [1.29, 1.82) is 0 Å². The molecular formula is C21H18F3NO. The van der Waals surface area contributed by atoms with Gasteiger partial charge in [0.05, 0.1) is 17.8 Å². The van der Waals surface area contributed by atoms with Crippen LogP contribution < -0.4 is 5.56 Å². The third-order valence-electron chi connectivity index (χ3n) is 4.27. The Bertz CT molecular complexity index is 959. The lowest BCUT2D eigenvalue weighted by Crippen LogP contribution is -2.24. The Morgan fingerprint density at radius 2 is 1.58 bits per heavy atom. The van der Waals surface area contributed by atoms with E-state index in [0.717, 1.165) is 23.6 Å². The van der Waals surface area contributed by atoms with Crippen molar-refractivity contribution in [3.05, 3.63) is 93.8 Å². The average molecular weight is 357 g/mol. The Balaban J connectivity index is 2.20. The first-order valence-corrected chi connectivity index (χ1v) is 8.34. The molecule has 0 saturated carbocycles. The van der Waals surface area contributed by atoms with Gasteiger partial charge in [0.15, 0.2) is 0 Å². The highest BCUT2D eigenvalue weighted by Crippen LogP contribution is 2.31. The third kappa shape index (κ3) is 3.87. The van der Waals surface area contributed by atoms with Gasteiger partial charge in [0.2, 0.25) is 0 Å². The van der Waals surface area contributed by atoms with Gasteiger partial charge in [-0.25, -0.2) is 0 Å². The van der Waals surface area contributed by atoms with Crippen molar-refractivity contribution in [3.63, 3.8) is 0 Å². The van der Waals surface area contributed by atoms with Gasteiger partial charge in [0.1, 0.15) is 0 Å². The number of benzene rings is 2. The van der Waals surface area contributed by atoms with E-state index in [0.29, 0.717) is 11.6 Å². The molecule has 5 heteroatoms. The Morgan fingerprint density at radius 3 is 2.23 bits per heavy atom. The van der Waals surface area contributed by atoms with Crippen LogP contribution in [0.3, 0.4) is 0 Å². The van der Waals surface area contributed by atoms with Gasteiger partial charge in [0.25, 0.3) is 5.56 Å². The summed E-state index contributed by atoms with van der Waals surface area (Å²) in [7, 11) is 0. The zero-order valence-corrected chi connectivity index (χ0v) is 14.3. The summed E-state index contributed by atoms with van der Waals surface area (Å²) in [5.74, 6) is 0. The predicted octanol–water partition coefficient (Wildman–Crippen LogP) is 5.14. The normalized spacial score (nSPS) is 11.5. The summed E-state index contributed by atoms with van der Waals surface area (Å²) < 4.78 is 41.0. The molecule has 0 unspecified atom stereocenters. The minimum Gasteiger partial charge on any atom is -0.304 e. The molecule has 0 spiro atoms. The predicted molar refractivity (Wildman–Crippen MR) is 96.1 cm³/mol. The minimum atomic E-state index is -4.57. The summed E-state index contributed by atoms with van der Waals surface area (Å²) in [5, 5.41) is 0. The molecule has 0 N–H and O–H groups in total. The fourth-order valence-corrected chi connectivity index (χ4v) is 2.88. The number of hydrogen-bond acceptors (Lipinski definition) is 1. The quantitative estimate of drug-likeness (QED) is 0.633. The summed E-state index contributed by atoms with van der Waals surface area (Å²) in [5.41, 5.74) is 1.12. The van der Waals surface area contributed by atoms with E-state index in [1.807, 2.05) is 49.4 Å². The van der Waals surface area contributed by atoms with Crippen LogP contribution in [0.25, 0.3) is 11.3 Å². The van der Waals surface area contributed by atoms with Crippen LogP contribution in [0, 0.1) is 0 Å². The summed E-state index contributed by atoms with van der Waals surface area (Å²) >= 11 is 0. The Morgan fingerprint density at radius 1 is 0.885 bits per heavy atom. The zero-order chi connectivity index (χ0) is 18.7. The van der Waals surface area contributed by atoms with Gasteiger partial charge in [-0.3, -0.25) is 4.79 Å². The molecule has 0 aliphatic rings. The Labute approximate surface area is 149 Å². The highest BCUT2D eigenvalue weighted by Gasteiger charge is 2.32. The van der Waals surface area contributed by atoms with Crippen molar-refractivity contribution >= 4 is 0 Å². The number of nitrogens with zero attached hydrogens (tertiary/aromatic N) is 1. The second kappa shape index (κ2) is 7.20. The first-order chi connectivity index (χ1) is 12.4. The van der Waals surface area contributed by atoms with E-state index in [9.17, 15) is 18.0 Å². The SMILES string of the molecule is CCc1cccc(-c2cc(C(F)(F)F)cc(=O)n2Cc2ccccc2)c1. The molecule has 1 heterocycles. The van der Waals surface area contributed by atoms with Crippen molar-refractivity contribution in [2.75, 3.05) is 0 Å². The number of halogens is 3. The molecule has 0 saturated heterocycles. The van der Waals surface area contributed by atoms with Gasteiger partial charge in [-0.1, -0.05) is 55.5 Å². The molecule has 0 fully saturated rings. The molecule has 26 heavy (non-hydrogen) atoms. The largest absolute Gasteiger partial charge is 0.416 e. The molecule has 134 valence electrons. The first kappa shape index (κ1) is 18.0. The molecular weight excluding hydrogens is 339 g/mol. The van der Waals surface area contributed by atoms with Crippen LogP contribution in [0.4, 0.5) is 13.2 Å². The van der Waals surface area contributed by atoms with E-state index in [-0.39, 0.29) is 12.2 Å². The Kier molecular flexibility index (Phi) is 4.98. The standard InChI is InChI=1S/C21H18F3NO/c1-2-15-9-6-10-17(11-15)19-12-18(21(22,23)24)13-20(26)25(19)14-16-7-4-3-5-8-16/h3-13H,2,14H2,1H3. The van der Waals surface area contributed by atoms with E-state index in [2.05, 4.69) is 0 Å². The first-order valence-electron chi connectivity index (χ1n) is 8.34. The lowest BCUT2D eigenvalue weighted by atomic mass is 10.0. The van der Waals surface area contributed by atoms with Crippen LogP contribution in [0.1, 0.15) is 23.6 Å². The second-order valence-electron chi connectivity index (χ2n) is 6.09. The number of pyridine rings is 1. The molecule has 0 bridgehead atoms. The summed E-state index contributed by atoms with van der Waals surface area (Å²) in [6.07, 6.45) is -3.81. The van der Waals surface area contributed by atoms with E-state index in [1.165, 1.54) is 4.57 Å². The molecule has 3 aromatic rings. The lowest BCUT2D eigenvalue weighted by Gasteiger charge is -2.17. The van der Waals surface area contributed by atoms with Crippen molar-refractivity contribution in [2.24, 2.45) is 0 Å². The summed E-state index contributed by atoms with van der Waals surface area (Å²) in [6.45, 7) is 2.19. The molecule has 2 nitrogen and oxygen atoms in total. The van der Waals surface area contributed by atoms with Crippen molar-refractivity contribution in [2.45, 2.75) is 26.1 Å². The zero-order valence-electron chi connectivity index (χ0n) is 14.3. The summed E-state index contributed by atoms with van der Waals surface area (Å²) in [4.78, 5) is 12.5. The highest BCUT2D eigenvalue weighted by atomic mass is 19.4. The monoisotopic (exact) mass is 357 g/mol. The average Bonchev–Trinajstić information content (AvgIpc) is 2.63. The molecule has 3 rings (SSSR count). The van der Waals surface area contributed by atoms with Crippen molar-refractivity contribution < 1.29 is 13.2 Å². The van der Waals surface area contributed by atoms with Gasteiger partial charge >= 0.3 is 6.18 Å². The van der Waals surface area contributed by atoms with Gasteiger partial charge in [-0.15, -0.1) is 0 Å². The molecule has 0 amide bonds. The van der Waals surface area contributed by atoms with E-state index >= 15 is 0 Å². The van der Waals surface area contributed by atoms with Gasteiger partial charge in [-0.2, -0.15) is 13.2 Å². The maximum absolute atomic E-state index is 13.2. The van der Waals surface area contributed by atoms with Crippen LogP contribution in [0.2, 0.25) is 0 Å². The van der Waals surface area contributed by atoms with Crippen LogP contribution in [0.15, 0.2) is 71.5 Å².